The van der Waals surface area contributed by atoms with Crippen molar-refractivity contribution in [2.24, 2.45) is 0 Å². The van der Waals surface area contributed by atoms with Crippen molar-refractivity contribution in [2.75, 3.05) is 11.4 Å². The van der Waals surface area contributed by atoms with Crippen LogP contribution in [0.4, 0.5) is 5.69 Å². The zero-order chi connectivity index (χ0) is 23.7. The van der Waals surface area contributed by atoms with Crippen LogP contribution < -0.4 is 9.03 Å². The molecule has 0 saturated heterocycles. The van der Waals surface area contributed by atoms with Crippen molar-refractivity contribution in [1.29, 1.82) is 0 Å². The Morgan fingerprint density at radius 2 is 1.41 bits per heavy atom. The Hall–Kier alpha value is -2.68. The van der Waals surface area contributed by atoms with Gasteiger partial charge >= 0.3 is 0 Å². The van der Waals surface area contributed by atoms with Crippen LogP contribution in [0.5, 0.6) is 0 Å². The molecule has 1 N–H and O–H groups in total. The molecule has 170 valence electrons. The van der Waals surface area contributed by atoms with Crippen LogP contribution in [0.25, 0.3) is 0 Å². The first kappa shape index (κ1) is 24.0. The van der Waals surface area contributed by atoms with Gasteiger partial charge < -0.3 is 0 Å². The van der Waals surface area contributed by atoms with Crippen molar-refractivity contribution in [2.45, 2.75) is 43.5 Å². The number of hydrogen-bond donors (Lipinski definition) is 1. The molecule has 0 bridgehead atoms. The second-order valence-corrected chi connectivity index (χ2v) is 11.5. The normalized spacial score (nSPS) is 13.0. The van der Waals surface area contributed by atoms with E-state index in [1.807, 2.05) is 37.3 Å². The van der Waals surface area contributed by atoms with Gasteiger partial charge in [0.15, 0.2) is 0 Å². The monoisotopic (exact) mass is 472 g/mol. The van der Waals surface area contributed by atoms with Gasteiger partial charge in [0.25, 0.3) is 10.0 Å². The van der Waals surface area contributed by atoms with Gasteiger partial charge in [-0.25, -0.2) is 21.6 Å². The molecule has 1 atom stereocenters. The summed E-state index contributed by atoms with van der Waals surface area (Å²) >= 11 is 0. The average molecular weight is 473 g/mol. The van der Waals surface area contributed by atoms with E-state index in [1.54, 1.807) is 51.1 Å². The minimum Gasteiger partial charge on any atom is -0.269 e. The van der Waals surface area contributed by atoms with E-state index in [-0.39, 0.29) is 9.79 Å². The lowest BCUT2D eigenvalue weighted by molar-refractivity contribution is 0.566. The fourth-order valence-corrected chi connectivity index (χ4v) is 6.48. The Morgan fingerprint density at radius 3 is 2.00 bits per heavy atom. The van der Waals surface area contributed by atoms with Gasteiger partial charge in [0, 0.05) is 13.1 Å². The first-order valence-electron chi connectivity index (χ1n) is 10.2. The molecule has 0 aliphatic rings. The van der Waals surface area contributed by atoms with E-state index in [1.165, 1.54) is 13.1 Å². The van der Waals surface area contributed by atoms with E-state index in [0.29, 0.717) is 16.8 Å². The summed E-state index contributed by atoms with van der Waals surface area (Å²) in [6.07, 6.45) is 0. The summed E-state index contributed by atoms with van der Waals surface area (Å²) in [5.41, 5.74) is 3.17. The average Bonchev–Trinajstić information content (AvgIpc) is 2.74. The van der Waals surface area contributed by atoms with Gasteiger partial charge in [-0.1, -0.05) is 54.1 Å². The highest BCUT2D eigenvalue weighted by Gasteiger charge is 2.28. The van der Waals surface area contributed by atoms with E-state index in [2.05, 4.69) is 4.72 Å². The first-order valence-corrected chi connectivity index (χ1v) is 13.1. The molecule has 32 heavy (non-hydrogen) atoms. The highest BCUT2D eigenvalue weighted by molar-refractivity contribution is 7.92. The van der Waals surface area contributed by atoms with Crippen molar-refractivity contribution in [3.63, 3.8) is 0 Å². The highest BCUT2D eigenvalue weighted by Crippen LogP contribution is 2.33. The summed E-state index contributed by atoms with van der Waals surface area (Å²) in [7, 11) is -6.32. The smallest absolute Gasteiger partial charge is 0.264 e. The minimum absolute atomic E-state index is 0.0480. The summed E-state index contributed by atoms with van der Waals surface area (Å²) in [4.78, 5) is 0.195. The lowest BCUT2D eigenvalue weighted by atomic mass is 10.1. The quantitative estimate of drug-likeness (QED) is 0.550. The number of nitrogens with one attached hydrogen (secondary N) is 1. The maximum atomic E-state index is 13.2. The summed E-state index contributed by atoms with van der Waals surface area (Å²) in [6.45, 7) is 7.04. The lowest BCUT2D eigenvalue weighted by Crippen LogP contribution is -2.30. The first-order chi connectivity index (χ1) is 14.9. The fraction of sp³-hybridized carbons (Fsp3) is 0.250. The van der Waals surface area contributed by atoms with Crippen LogP contribution in [0.15, 0.2) is 76.5 Å². The Labute approximate surface area is 191 Å². The molecule has 0 aliphatic heterocycles. The molecule has 0 unspecified atom stereocenters. The van der Waals surface area contributed by atoms with Crippen LogP contribution >= 0.6 is 0 Å². The van der Waals surface area contributed by atoms with Gasteiger partial charge in [-0.05, 0) is 62.6 Å². The molecule has 0 heterocycles. The van der Waals surface area contributed by atoms with Crippen molar-refractivity contribution in [1.82, 2.24) is 4.72 Å². The number of benzene rings is 3. The number of nitrogens with zero attached hydrogens (tertiary/aromatic N) is 1. The minimum atomic E-state index is -3.90. The van der Waals surface area contributed by atoms with E-state index >= 15 is 0 Å². The number of rotatable bonds is 7. The molecule has 0 saturated carbocycles. The summed E-state index contributed by atoms with van der Waals surface area (Å²) in [5.74, 6) is 0. The van der Waals surface area contributed by atoms with E-state index in [4.69, 9.17) is 0 Å². The third kappa shape index (κ3) is 4.72. The molecule has 0 spiro atoms. The van der Waals surface area contributed by atoms with E-state index in [9.17, 15) is 16.8 Å². The van der Waals surface area contributed by atoms with Crippen LogP contribution in [-0.4, -0.2) is 23.9 Å². The van der Waals surface area contributed by atoms with Crippen molar-refractivity contribution in [3.8, 4) is 0 Å². The largest absolute Gasteiger partial charge is 0.269 e. The van der Waals surface area contributed by atoms with Crippen LogP contribution in [0.1, 0.15) is 35.2 Å². The summed E-state index contributed by atoms with van der Waals surface area (Å²) in [5, 5.41) is 0. The van der Waals surface area contributed by atoms with Crippen molar-refractivity contribution in [3.05, 3.63) is 89.0 Å². The molecule has 0 amide bonds. The van der Waals surface area contributed by atoms with Crippen LogP contribution in [-0.2, 0) is 20.0 Å². The van der Waals surface area contributed by atoms with Crippen LogP contribution in [0.2, 0.25) is 0 Å². The molecule has 0 radical (unpaired) electrons. The third-order valence-corrected chi connectivity index (χ3v) is 8.96. The molecule has 6 nitrogen and oxygen atoms in total. The fourth-order valence-electron chi connectivity index (χ4n) is 3.69. The molecular formula is C24H28N2O4S2. The second-order valence-electron chi connectivity index (χ2n) is 7.89. The van der Waals surface area contributed by atoms with Gasteiger partial charge in [0.1, 0.15) is 0 Å². The van der Waals surface area contributed by atoms with Crippen LogP contribution in [0, 0.1) is 20.8 Å². The zero-order valence-electron chi connectivity index (χ0n) is 18.8. The Kier molecular flexibility index (Phi) is 6.78. The molecule has 3 aromatic carbocycles. The third-order valence-electron chi connectivity index (χ3n) is 5.50. The molecule has 0 aliphatic carbocycles. The SMILES string of the molecule is Cc1ccc(S(=O)(=O)N(C)c2c(C)ccc(S(=O)(=O)N[C@@H](C)c3ccccc3)c2C)cc1. The standard InChI is InChI=1S/C24H28N2O4S2/c1-17-11-14-22(15-12-17)32(29,30)26(5)24-18(2)13-16-23(19(24)3)31(27,28)25-20(4)21-9-7-6-8-10-21/h6-16,20,25H,1-5H3/t20-/m0/s1. The Morgan fingerprint density at radius 1 is 0.812 bits per heavy atom. The Bertz CT molecular complexity index is 1320. The van der Waals surface area contributed by atoms with Crippen molar-refractivity contribution >= 4 is 25.7 Å². The van der Waals surface area contributed by atoms with Gasteiger partial charge in [0.2, 0.25) is 10.0 Å². The number of hydrogen-bond acceptors (Lipinski definition) is 4. The molecule has 0 fully saturated rings. The van der Waals surface area contributed by atoms with Gasteiger partial charge in [-0.15, -0.1) is 0 Å². The number of anilines is 1. The zero-order valence-corrected chi connectivity index (χ0v) is 20.5. The molecule has 0 aromatic heterocycles. The lowest BCUT2D eigenvalue weighted by Gasteiger charge is -2.25. The maximum Gasteiger partial charge on any atom is 0.264 e. The maximum absolute atomic E-state index is 13.2. The molecule has 8 heteroatoms. The summed E-state index contributed by atoms with van der Waals surface area (Å²) in [6, 6.07) is 18.5. The number of aryl methyl sites for hydroxylation is 2. The molecule has 3 aromatic rings. The predicted molar refractivity (Wildman–Crippen MR) is 128 cm³/mol. The molecular weight excluding hydrogens is 444 g/mol. The number of sulfonamides is 2. The van der Waals surface area contributed by atoms with Gasteiger partial charge in [-0.2, -0.15) is 0 Å². The Balaban J connectivity index is 2.02. The predicted octanol–water partition coefficient (Wildman–Crippen LogP) is 4.48. The van der Waals surface area contributed by atoms with Gasteiger partial charge in [0.05, 0.1) is 15.5 Å². The van der Waals surface area contributed by atoms with Crippen LogP contribution in [0.3, 0.4) is 0 Å². The second kappa shape index (κ2) is 9.05. The highest BCUT2D eigenvalue weighted by atomic mass is 32.2. The summed E-state index contributed by atoms with van der Waals surface area (Å²) < 4.78 is 56.7. The van der Waals surface area contributed by atoms with E-state index < -0.39 is 26.1 Å². The van der Waals surface area contributed by atoms with E-state index in [0.717, 1.165) is 15.4 Å². The van der Waals surface area contributed by atoms with Gasteiger partial charge in [-0.3, -0.25) is 4.31 Å². The molecule has 3 rings (SSSR count). The topological polar surface area (TPSA) is 83.6 Å². The van der Waals surface area contributed by atoms with Crippen molar-refractivity contribution < 1.29 is 16.8 Å².